The molecular weight excluding hydrogens is 245 g/mol. The number of halogens is 2. The van der Waals surface area contributed by atoms with Gasteiger partial charge in [-0.1, -0.05) is 19.1 Å². The first kappa shape index (κ1) is 11.7. The van der Waals surface area contributed by atoms with E-state index in [2.05, 4.69) is 28.2 Å². The lowest BCUT2D eigenvalue weighted by Gasteiger charge is -2.15. The van der Waals surface area contributed by atoms with Crippen molar-refractivity contribution in [2.45, 2.75) is 26.3 Å². The van der Waals surface area contributed by atoms with Crippen LogP contribution in [0.15, 0.2) is 22.7 Å². The summed E-state index contributed by atoms with van der Waals surface area (Å²) in [6.07, 6.45) is 1.08. The van der Waals surface area contributed by atoms with E-state index < -0.39 is 0 Å². The largest absolute Gasteiger partial charge is 0.310 e. The fourth-order valence-corrected chi connectivity index (χ4v) is 1.93. The summed E-state index contributed by atoms with van der Waals surface area (Å²) in [6.45, 7) is 5.10. The molecule has 0 saturated carbocycles. The molecule has 0 spiro atoms. The van der Waals surface area contributed by atoms with Gasteiger partial charge in [-0.25, -0.2) is 4.39 Å². The van der Waals surface area contributed by atoms with Gasteiger partial charge in [-0.15, -0.1) is 0 Å². The normalized spacial score (nSPS) is 12.9. The number of benzene rings is 1. The topological polar surface area (TPSA) is 12.0 Å². The molecule has 0 saturated heterocycles. The molecule has 0 aromatic heterocycles. The lowest BCUT2D eigenvalue weighted by Crippen LogP contribution is -2.19. The van der Waals surface area contributed by atoms with Crippen molar-refractivity contribution in [2.24, 2.45) is 0 Å². The van der Waals surface area contributed by atoms with E-state index in [1.807, 2.05) is 13.0 Å². The quantitative estimate of drug-likeness (QED) is 0.871. The standard InChI is InChI=1S/C11H15BrFN/c1-3-7-14-8(2)9-5-4-6-10(13)11(9)12/h4-6,8,14H,3,7H2,1-2H3. The van der Waals surface area contributed by atoms with E-state index in [1.165, 1.54) is 6.07 Å². The zero-order valence-electron chi connectivity index (χ0n) is 8.48. The Labute approximate surface area is 92.8 Å². The van der Waals surface area contributed by atoms with Crippen LogP contribution in [0.2, 0.25) is 0 Å². The molecule has 1 N–H and O–H groups in total. The molecule has 1 unspecified atom stereocenters. The first-order valence-corrected chi connectivity index (χ1v) is 5.63. The fourth-order valence-electron chi connectivity index (χ4n) is 1.33. The van der Waals surface area contributed by atoms with Crippen LogP contribution in [0.25, 0.3) is 0 Å². The van der Waals surface area contributed by atoms with E-state index in [0.717, 1.165) is 18.5 Å². The van der Waals surface area contributed by atoms with Crippen LogP contribution < -0.4 is 5.32 Å². The summed E-state index contributed by atoms with van der Waals surface area (Å²) in [5, 5.41) is 3.32. The third-order valence-electron chi connectivity index (χ3n) is 2.15. The first-order chi connectivity index (χ1) is 6.66. The maximum absolute atomic E-state index is 13.2. The Hall–Kier alpha value is -0.410. The molecule has 1 rings (SSSR count). The number of rotatable bonds is 4. The van der Waals surface area contributed by atoms with Gasteiger partial charge in [-0.2, -0.15) is 0 Å². The average molecular weight is 260 g/mol. The molecule has 1 aromatic carbocycles. The minimum Gasteiger partial charge on any atom is -0.310 e. The highest BCUT2D eigenvalue weighted by Gasteiger charge is 2.10. The maximum atomic E-state index is 13.2. The lowest BCUT2D eigenvalue weighted by molar-refractivity contribution is 0.558. The summed E-state index contributed by atoms with van der Waals surface area (Å²) in [7, 11) is 0. The molecule has 0 amide bonds. The van der Waals surface area contributed by atoms with Crippen LogP contribution in [-0.4, -0.2) is 6.54 Å². The minimum atomic E-state index is -0.201. The molecule has 0 bridgehead atoms. The highest BCUT2D eigenvalue weighted by atomic mass is 79.9. The smallest absolute Gasteiger partial charge is 0.137 e. The molecule has 0 aliphatic rings. The molecule has 3 heteroatoms. The Morgan fingerprint density at radius 3 is 2.86 bits per heavy atom. The highest BCUT2D eigenvalue weighted by Crippen LogP contribution is 2.25. The van der Waals surface area contributed by atoms with Crippen LogP contribution in [0, 0.1) is 5.82 Å². The van der Waals surface area contributed by atoms with Crippen molar-refractivity contribution in [1.29, 1.82) is 0 Å². The van der Waals surface area contributed by atoms with Crippen LogP contribution in [0.1, 0.15) is 31.9 Å². The average Bonchev–Trinajstić information content (AvgIpc) is 2.18. The van der Waals surface area contributed by atoms with Gasteiger partial charge >= 0.3 is 0 Å². The molecule has 14 heavy (non-hydrogen) atoms. The lowest BCUT2D eigenvalue weighted by atomic mass is 10.1. The van der Waals surface area contributed by atoms with Crippen molar-refractivity contribution in [3.63, 3.8) is 0 Å². The Morgan fingerprint density at radius 2 is 2.21 bits per heavy atom. The Morgan fingerprint density at radius 1 is 1.50 bits per heavy atom. The zero-order valence-corrected chi connectivity index (χ0v) is 10.1. The molecule has 78 valence electrons. The van der Waals surface area contributed by atoms with E-state index in [4.69, 9.17) is 0 Å². The van der Waals surface area contributed by atoms with Crippen LogP contribution in [0.5, 0.6) is 0 Å². The van der Waals surface area contributed by atoms with Crippen molar-refractivity contribution in [3.05, 3.63) is 34.1 Å². The predicted octanol–water partition coefficient (Wildman–Crippen LogP) is 3.65. The van der Waals surface area contributed by atoms with Crippen molar-refractivity contribution in [3.8, 4) is 0 Å². The number of hydrogen-bond acceptors (Lipinski definition) is 1. The fraction of sp³-hybridized carbons (Fsp3) is 0.455. The predicted molar refractivity (Wildman–Crippen MR) is 60.8 cm³/mol. The van der Waals surface area contributed by atoms with Crippen molar-refractivity contribution in [2.75, 3.05) is 6.54 Å². The monoisotopic (exact) mass is 259 g/mol. The first-order valence-electron chi connectivity index (χ1n) is 4.84. The second kappa shape index (κ2) is 5.47. The van der Waals surface area contributed by atoms with Gasteiger partial charge in [-0.05, 0) is 47.4 Å². The summed E-state index contributed by atoms with van der Waals surface area (Å²) in [4.78, 5) is 0. The van der Waals surface area contributed by atoms with Crippen LogP contribution in [-0.2, 0) is 0 Å². The second-order valence-corrected chi connectivity index (χ2v) is 4.11. The highest BCUT2D eigenvalue weighted by molar-refractivity contribution is 9.10. The van der Waals surface area contributed by atoms with Gasteiger partial charge < -0.3 is 5.32 Å². The third kappa shape index (κ3) is 2.79. The number of hydrogen-bond donors (Lipinski definition) is 1. The summed E-state index contributed by atoms with van der Waals surface area (Å²) in [5.74, 6) is -0.201. The van der Waals surface area contributed by atoms with Crippen LogP contribution in [0.3, 0.4) is 0 Å². The molecule has 1 aromatic rings. The van der Waals surface area contributed by atoms with Gasteiger partial charge in [-0.3, -0.25) is 0 Å². The number of nitrogens with one attached hydrogen (secondary N) is 1. The summed E-state index contributed by atoms with van der Waals surface area (Å²) in [5.41, 5.74) is 0.971. The molecular formula is C11H15BrFN. The third-order valence-corrected chi connectivity index (χ3v) is 2.99. The summed E-state index contributed by atoms with van der Waals surface area (Å²) >= 11 is 3.26. The van der Waals surface area contributed by atoms with Crippen molar-refractivity contribution < 1.29 is 4.39 Å². The summed E-state index contributed by atoms with van der Waals surface area (Å²) < 4.78 is 13.8. The molecule has 0 radical (unpaired) electrons. The van der Waals surface area contributed by atoms with Gasteiger partial charge in [0, 0.05) is 6.04 Å². The molecule has 1 atom stereocenters. The van der Waals surface area contributed by atoms with E-state index >= 15 is 0 Å². The second-order valence-electron chi connectivity index (χ2n) is 3.32. The Kier molecular flexibility index (Phi) is 4.55. The maximum Gasteiger partial charge on any atom is 0.137 e. The van der Waals surface area contributed by atoms with Crippen molar-refractivity contribution >= 4 is 15.9 Å². The van der Waals surface area contributed by atoms with E-state index in [0.29, 0.717) is 4.47 Å². The minimum absolute atomic E-state index is 0.181. The van der Waals surface area contributed by atoms with Crippen molar-refractivity contribution in [1.82, 2.24) is 5.32 Å². The Bertz CT molecular complexity index is 301. The molecule has 1 nitrogen and oxygen atoms in total. The van der Waals surface area contributed by atoms with E-state index in [1.54, 1.807) is 6.07 Å². The van der Waals surface area contributed by atoms with E-state index in [-0.39, 0.29) is 11.9 Å². The van der Waals surface area contributed by atoms with E-state index in [9.17, 15) is 4.39 Å². The molecule has 0 aliphatic heterocycles. The molecule has 0 aliphatic carbocycles. The van der Waals surface area contributed by atoms with Crippen LogP contribution in [0.4, 0.5) is 4.39 Å². The SMILES string of the molecule is CCCNC(C)c1cccc(F)c1Br. The van der Waals surface area contributed by atoms with Gasteiger partial charge in [0.1, 0.15) is 5.82 Å². The Balaban J connectivity index is 2.79. The molecule has 0 heterocycles. The van der Waals surface area contributed by atoms with Gasteiger partial charge in [0.15, 0.2) is 0 Å². The van der Waals surface area contributed by atoms with Gasteiger partial charge in [0.05, 0.1) is 4.47 Å². The molecule has 0 fully saturated rings. The van der Waals surface area contributed by atoms with Crippen LogP contribution >= 0.6 is 15.9 Å². The zero-order chi connectivity index (χ0) is 10.6. The van der Waals surface area contributed by atoms with Gasteiger partial charge in [0.2, 0.25) is 0 Å². The summed E-state index contributed by atoms with van der Waals surface area (Å²) in [6, 6.07) is 5.31. The van der Waals surface area contributed by atoms with Gasteiger partial charge in [0.25, 0.3) is 0 Å².